The van der Waals surface area contributed by atoms with Crippen molar-refractivity contribution >= 4 is 11.7 Å². The number of nitrogen functional groups attached to an aromatic ring is 1. The molecule has 122 valence electrons. The van der Waals surface area contributed by atoms with Gasteiger partial charge in [-0.1, -0.05) is 0 Å². The molecule has 1 aromatic heterocycles. The summed E-state index contributed by atoms with van der Waals surface area (Å²) in [6.45, 7) is -0.715. The number of nitrogens with one attached hydrogen (secondary N) is 1. The maximum atomic E-state index is 11.9. The van der Waals surface area contributed by atoms with Crippen molar-refractivity contribution in [3.05, 3.63) is 27.0 Å². The Balaban J connectivity index is 2.66. The number of hydrogen-bond acceptors (Lipinski definition) is 8. The Labute approximate surface area is 122 Å². The molecule has 0 saturated carbocycles. The van der Waals surface area contributed by atoms with E-state index in [0.29, 0.717) is 4.57 Å². The van der Waals surface area contributed by atoms with Gasteiger partial charge in [-0.15, -0.1) is 0 Å². The van der Waals surface area contributed by atoms with Gasteiger partial charge < -0.3 is 30.9 Å². The molecule has 1 saturated heterocycles. The van der Waals surface area contributed by atoms with E-state index in [0.717, 1.165) is 6.20 Å². The van der Waals surface area contributed by atoms with Crippen molar-refractivity contribution < 1.29 is 30.0 Å². The van der Waals surface area contributed by atoms with Crippen LogP contribution in [0.25, 0.3) is 0 Å². The van der Waals surface area contributed by atoms with Crippen LogP contribution < -0.4 is 17.0 Å². The lowest BCUT2D eigenvalue weighted by atomic mass is 9.99. The van der Waals surface area contributed by atoms with E-state index in [1.165, 1.54) is 0 Å². The molecule has 11 heteroatoms. The van der Waals surface area contributed by atoms with Gasteiger partial charge in [-0.3, -0.25) is 19.1 Å². The number of H-pyrrole nitrogens is 1. The molecule has 0 amide bonds. The van der Waals surface area contributed by atoms with Crippen molar-refractivity contribution in [3.8, 4) is 0 Å². The maximum absolute atomic E-state index is 11.9. The number of aromatic amines is 1. The second kappa shape index (κ2) is 5.53. The van der Waals surface area contributed by atoms with Gasteiger partial charge in [-0.25, -0.2) is 4.79 Å². The number of aliphatic hydroxyl groups is 3. The molecule has 7 N–H and O–H groups in total. The molecule has 0 radical (unpaired) electrons. The lowest BCUT2D eigenvalue weighted by Crippen LogP contribution is -2.53. The number of aliphatic hydroxyl groups excluding tert-OH is 3. The highest BCUT2D eigenvalue weighted by Crippen LogP contribution is 2.37. The summed E-state index contributed by atoms with van der Waals surface area (Å²) in [4.78, 5) is 36.2. The number of carbonyl (C=O) groups is 1. The SMILES string of the molecule is Nc1cn([C@]2(CC(=O)O)O[C@H](CO)[C@@H](O)[C@H]2O)c(=O)[nH]c1=O. The molecule has 22 heavy (non-hydrogen) atoms. The molecule has 4 atom stereocenters. The molecule has 1 aliphatic rings. The van der Waals surface area contributed by atoms with E-state index in [9.17, 15) is 24.6 Å². The average Bonchev–Trinajstić information content (AvgIpc) is 2.67. The molecule has 1 aromatic rings. The Bertz CT molecular complexity index is 697. The first-order valence-corrected chi connectivity index (χ1v) is 6.21. The van der Waals surface area contributed by atoms with Crippen LogP contribution in [0.15, 0.2) is 15.8 Å². The molecule has 0 spiro atoms. The Kier molecular flexibility index (Phi) is 4.06. The second-order valence-corrected chi connectivity index (χ2v) is 4.90. The van der Waals surface area contributed by atoms with Crippen molar-refractivity contribution in [3.63, 3.8) is 0 Å². The minimum atomic E-state index is -2.21. The lowest BCUT2D eigenvalue weighted by Gasteiger charge is -2.32. The molecule has 2 heterocycles. The first-order valence-electron chi connectivity index (χ1n) is 6.21. The maximum Gasteiger partial charge on any atom is 0.330 e. The Hall–Kier alpha value is -2.21. The van der Waals surface area contributed by atoms with Gasteiger partial charge >= 0.3 is 11.7 Å². The molecule has 1 fully saturated rings. The summed E-state index contributed by atoms with van der Waals surface area (Å²) in [5.74, 6) is -1.44. The van der Waals surface area contributed by atoms with Crippen LogP contribution in [0.1, 0.15) is 6.42 Å². The largest absolute Gasteiger partial charge is 0.481 e. The lowest BCUT2D eigenvalue weighted by molar-refractivity contribution is -0.174. The normalized spacial score (nSPS) is 31.3. The zero-order valence-corrected chi connectivity index (χ0v) is 11.2. The molecule has 11 nitrogen and oxygen atoms in total. The van der Waals surface area contributed by atoms with Gasteiger partial charge in [0, 0.05) is 6.20 Å². The van der Waals surface area contributed by atoms with Gasteiger partial charge in [0.2, 0.25) is 0 Å². The molecular formula is C11H15N3O8. The predicted molar refractivity (Wildman–Crippen MR) is 69.9 cm³/mol. The van der Waals surface area contributed by atoms with E-state index in [1.54, 1.807) is 0 Å². The number of hydrogen-bond donors (Lipinski definition) is 6. The minimum Gasteiger partial charge on any atom is -0.481 e. The minimum absolute atomic E-state index is 0.415. The van der Waals surface area contributed by atoms with Crippen LogP contribution >= 0.6 is 0 Å². The van der Waals surface area contributed by atoms with Gasteiger partial charge in [0.15, 0.2) is 5.72 Å². The summed E-state index contributed by atoms with van der Waals surface area (Å²) in [5, 5.41) is 38.1. The number of anilines is 1. The summed E-state index contributed by atoms with van der Waals surface area (Å²) < 4.78 is 5.85. The highest BCUT2D eigenvalue weighted by atomic mass is 16.6. The monoisotopic (exact) mass is 317 g/mol. The number of carboxylic acids is 1. The van der Waals surface area contributed by atoms with Crippen LogP contribution in [0, 0.1) is 0 Å². The predicted octanol–water partition coefficient (Wildman–Crippen LogP) is -3.64. The summed E-state index contributed by atoms with van der Waals surface area (Å²) in [5.41, 5.74) is 0.796. The van der Waals surface area contributed by atoms with E-state index in [-0.39, 0.29) is 0 Å². The molecule has 0 aliphatic carbocycles. The van der Waals surface area contributed by atoms with Crippen LogP contribution in [-0.2, 0) is 15.3 Å². The second-order valence-electron chi connectivity index (χ2n) is 4.90. The smallest absolute Gasteiger partial charge is 0.330 e. The molecule has 0 unspecified atom stereocenters. The Morgan fingerprint density at radius 3 is 2.59 bits per heavy atom. The van der Waals surface area contributed by atoms with Gasteiger partial charge in [0.25, 0.3) is 5.56 Å². The highest BCUT2D eigenvalue weighted by Gasteiger charge is 2.57. The zero-order valence-electron chi connectivity index (χ0n) is 11.2. The number of ether oxygens (including phenoxy) is 1. The van der Waals surface area contributed by atoms with Crippen molar-refractivity contribution in [2.75, 3.05) is 12.3 Å². The van der Waals surface area contributed by atoms with E-state index in [4.69, 9.17) is 20.7 Å². The molecule has 0 aromatic carbocycles. The highest BCUT2D eigenvalue weighted by molar-refractivity contribution is 5.68. The van der Waals surface area contributed by atoms with E-state index < -0.39 is 60.0 Å². The van der Waals surface area contributed by atoms with E-state index in [2.05, 4.69) is 0 Å². The summed E-state index contributed by atoms with van der Waals surface area (Å²) >= 11 is 0. The number of rotatable bonds is 4. The molecule has 0 bridgehead atoms. The number of carboxylic acid groups (broad SMARTS) is 1. The van der Waals surface area contributed by atoms with Gasteiger partial charge in [0.1, 0.15) is 24.0 Å². The van der Waals surface area contributed by atoms with Gasteiger partial charge in [-0.2, -0.15) is 0 Å². The van der Waals surface area contributed by atoms with Crippen LogP contribution in [0.5, 0.6) is 0 Å². The third-order valence-corrected chi connectivity index (χ3v) is 3.48. The summed E-state index contributed by atoms with van der Waals surface area (Å²) in [6.07, 6.45) is -4.88. The van der Waals surface area contributed by atoms with E-state index in [1.807, 2.05) is 4.98 Å². The fourth-order valence-corrected chi connectivity index (χ4v) is 2.43. The number of nitrogens with two attached hydrogens (primary N) is 1. The van der Waals surface area contributed by atoms with Crippen molar-refractivity contribution in [1.29, 1.82) is 0 Å². The summed E-state index contributed by atoms with van der Waals surface area (Å²) in [7, 11) is 0. The standard InChI is InChI=1S/C11H15N3O8/c12-4-2-14(10(21)13-9(4)20)11(1-6(16)17)8(19)7(18)5(3-15)22-11/h2,5,7-8,15,18-19H,1,3,12H2,(H,16,17)(H,13,20,21)/t5-,7-,8-,11-/m1/s1. The van der Waals surface area contributed by atoms with Crippen LogP contribution in [0.3, 0.4) is 0 Å². The van der Waals surface area contributed by atoms with E-state index >= 15 is 0 Å². The summed E-state index contributed by atoms with van der Waals surface area (Å²) in [6, 6.07) is 0. The van der Waals surface area contributed by atoms with Gasteiger partial charge in [-0.05, 0) is 0 Å². The number of aromatic nitrogens is 2. The van der Waals surface area contributed by atoms with Crippen LogP contribution in [-0.4, -0.2) is 60.9 Å². The zero-order chi connectivity index (χ0) is 16.7. The number of aliphatic carboxylic acids is 1. The van der Waals surface area contributed by atoms with Crippen LogP contribution in [0.2, 0.25) is 0 Å². The Morgan fingerprint density at radius 2 is 2.09 bits per heavy atom. The van der Waals surface area contributed by atoms with Crippen molar-refractivity contribution in [1.82, 2.24) is 9.55 Å². The third-order valence-electron chi connectivity index (χ3n) is 3.48. The average molecular weight is 317 g/mol. The first-order chi connectivity index (χ1) is 10.2. The number of nitrogens with zero attached hydrogens (tertiary/aromatic N) is 1. The van der Waals surface area contributed by atoms with Gasteiger partial charge in [0.05, 0.1) is 13.0 Å². The van der Waals surface area contributed by atoms with Crippen molar-refractivity contribution in [2.45, 2.75) is 30.5 Å². The van der Waals surface area contributed by atoms with Crippen LogP contribution in [0.4, 0.5) is 5.69 Å². The first kappa shape index (κ1) is 16.2. The third kappa shape index (κ3) is 2.39. The fraction of sp³-hybridized carbons (Fsp3) is 0.545. The molecule has 2 rings (SSSR count). The molecular weight excluding hydrogens is 302 g/mol. The topological polar surface area (TPSA) is 188 Å². The fourth-order valence-electron chi connectivity index (χ4n) is 2.43. The quantitative estimate of drug-likeness (QED) is 0.325. The molecule has 1 aliphatic heterocycles. The Morgan fingerprint density at radius 1 is 1.45 bits per heavy atom. The van der Waals surface area contributed by atoms with Crippen molar-refractivity contribution in [2.24, 2.45) is 0 Å².